The molecule has 0 aliphatic heterocycles. The second-order valence-corrected chi connectivity index (χ2v) is 6.28. The average Bonchev–Trinajstić information content (AvgIpc) is 3.28. The minimum Gasteiger partial charge on any atom is -0.459 e. The zero-order chi connectivity index (χ0) is 17.6. The molecule has 8 heteroatoms. The Kier molecular flexibility index (Phi) is 5.20. The highest BCUT2D eigenvalue weighted by molar-refractivity contribution is 7.15. The standard InChI is InChI=1S/C17H16N4O3S/c1-2-4-14-20-21-17(25-14)19-15(22)11-6-8-12(9-7-11)18-16(23)13-5-3-10-24-13/h3,5-10H,2,4H2,1H3,(H,18,23)(H,19,21,22). The van der Waals surface area contributed by atoms with Crippen LogP contribution in [0.1, 0.15) is 39.3 Å². The predicted octanol–water partition coefficient (Wildman–Crippen LogP) is 3.59. The number of aryl methyl sites for hydroxylation is 1. The van der Waals surface area contributed by atoms with Crippen LogP contribution >= 0.6 is 11.3 Å². The number of nitrogens with zero attached hydrogens (tertiary/aromatic N) is 2. The molecule has 2 amide bonds. The zero-order valence-corrected chi connectivity index (χ0v) is 14.3. The first kappa shape index (κ1) is 16.8. The SMILES string of the molecule is CCCc1nnc(NC(=O)c2ccc(NC(=O)c3ccco3)cc2)s1. The molecular formula is C17H16N4O3S. The summed E-state index contributed by atoms with van der Waals surface area (Å²) in [5.74, 6) is -0.399. The molecule has 0 aliphatic rings. The van der Waals surface area contributed by atoms with E-state index in [1.54, 1.807) is 36.4 Å². The van der Waals surface area contributed by atoms with Crippen LogP contribution in [0, 0.1) is 0 Å². The number of furan rings is 1. The molecule has 0 unspecified atom stereocenters. The summed E-state index contributed by atoms with van der Waals surface area (Å²) in [6.07, 6.45) is 3.26. The maximum atomic E-state index is 12.2. The fraction of sp³-hybridized carbons (Fsp3) is 0.176. The lowest BCUT2D eigenvalue weighted by molar-refractivity contribution is 0.0995. The zero-order valence-electron chi connectivity index (χ0n) is 13.5. The number of anilines is 2. The van der Waals surface area contributed by atoms with Crippen molar-refractivity contribution < 1.29 is 14.0 Å². The molecule has 25 heavy (non-hydrogen) atoms. The van der Waals surface area contributed by atoms with Crippen molar-refractivity contribution in [2.45, 2.75) is 19.8 Å². The van der Waals surface area contributed by atoms with E-state index in [1.165, 1.54) is 17.6 Å². The molecule has 1 aromatic carbocycles. The fourth-order valence-corrected chi connectivity index (χ4v) is 2.93. The summed E-state index contributed by atoms with van der Waals surface area (Å²) in [6, 6.07) is 9.77. The molecule has 2 heterocycles. The van der Waals surface area contributed by atoms with Crippen molar-refractivity contribution in [1.82, 2.24) is 10.2 Å². The molecule has 7 nitrogen and oxygen atoms in total. The summed E-state index contributed by atoms with van der Waals surface area (Å²) in [5, 5.41) is 14.8. The van der Waals surface area contributed by atoms with Gasteiger partial charge < -0.3 is 9.73 Å². The highest BCUT2D eigenvalue weighted by atomic mass is 32.1. The molecule has 3 rings (SSSR count). The molecule has 0 fully saturated rings. The van der Waals surface area contributed by atoms with Gasteiger partial charge in [-0.2, -0.15) is 0 Å². The van der Waals surface area contributed by atoms with Crippen LogP contribution in [0.3, 0.4) is 0 Å². The van der Waals surface area contributed by atoms with E-state index in [9.17, 15) is 9.59 Å². The van der Waals surface area contributed by atoms with Crippen LogP contribution in [0.2, 0.25) is 0 Å². The van der Waals surface area contributed by atoms with Crippen LogP contribution in [0.5, 0.6) is 0 Å². The van der Waals surface area contributed by atoms with Gasteiger partial charge in [-0.05, 0) is 42.8 Å². The lowest BCUT2D eigenvalue weighted by Gasteiger charge is -2.05. The Morgan fingerprint density at radius 2 is 1.88 bits per heavy atom. The van der Waals surface area contributed by atoms with Gasteiger partial charge in [0.2, 0.25) is 5.13 Å². The van der Waals surface area contributed by atoms with E-state index in [4.69, 9.17) is 4.42 Å². The molecule has 0 atom stereocenters. The number of carbonyl (C=O) groups excluding carboxylic acids is 2. The quantitative estimate of drug-likeness (QED) is 0.703. The van der Waals surface area contributed by atoms with Crippen molar-refractivity contribution in [3.63, 3.8) is 0 Å². The molecule has 2 aromatic heterocycles. The number of benzene rings is 1. The summed E-state index contributed by atoms with van der Waals surface area (Å²) in [5.41, 5.74) is 1.03. The lowest BCUT2D eigenvalue weighted by Crippen LogP contribution is -2.13. The topological polar surface area (TPSA) is 97.1 Å². The predicted molar refractivity (Wildman–Crippen MR) is 95.0 cm³/mol. The highest BCUT2D eigenvalue weighted by Gasteiger charge is 2.12. The third-order valence-electron chi connectivity index (χ3n) is 3.30. The fourth-order valence-electron chi connectivity index (χ4n) is 2.09. The molecule has 0 aliphatic carbocycles. The molecule has 0 radical (unpaired) electrons. The number of amides is 2. The minimum absolute atomic E-state index is 0.223. The molecule has 0 saturated carbocycles. The van der Waals surface area contributed by atoms with Gasteiger partial charge in [0, 0.05) is 17.7 Å². The van der Waals surface area contributed by atoms with Crippen molar-refractivity contribution in [3.05, 3.63) is 59.0 Å². The second-order valence-electron chi connectivity index (χ2n) is 5.21. The van der Waals surface area contributed by atoms with Gasteiger partial charge in [0.15, 0.2) is 5.76 Å². The first-order valence-electron chi connectivity index (χ1n) is 7.74. The third kappa shape index (κ3) is 4.30. The maximum Gasteiger partial charge on any atom is 0.291 e. The summed E-state index contributed by atoms with van der Waals surface area (Å²) in [6.45, 7) is 2.06. The van der Waals surface area contributed by atoms with Crippen molar-refractivity contribution in [2.75, 3.05) is 10.6 Å². The van der Waals surface area contributed by atoms with Crippen LogP contribution in [-0.4, -0.2) is 22.0 Å². The van der Waals surface area contributed by atoms with Gasteiger partial charge in [-0.1, -0.05) is 18.3 Å². The number of aromatic nitrogens is 2. The van der Waals surface area contributed by atoms with E-state index in [1.807, 2.05) is 0 Å². The van der Waals surface area contributed by atoms with E-state index < -0.39 is 0 Å². The number of hydrogen-bond donors (Lipinski definition) is 2. The maximum absolute atomic E-state index is 12.2. The Bertz CT molecular complexity index is 856. The first-order valence-corrected chi connectivity index (χ1v) is 8.56. The molecule has 2 N–H and O–H groups in total. The summed E-state index contributed by atoms with van der Waals surface area (Å²) < 4.78 is 5.03. The van der Waals surface area contributed by atoms with Crippen LogP contribution in [0.25, 0.3) is 0 Å². The van der Waals surface area contributed by atoms with Gasteiger partial charge in [-0.3, -0.25) is 14.9 Å². The van der Waals surface area contributed by atoms with Gasteiger partial charge in [-0.25, -0.2) is 0 Å². The second kappa shape index (κ2) is 7.71. The summed E-state index contributed by atoms with van der Waals surface area (Å²) in [4.78, 5) is 24.1. The number of nitrogens with one attached hydrogen (secondary N) is 2. The Hall–Kier alpha value is -3.00. The Morgan fingerprint density at radius 3 is 2.56 bits per heavy atom. The van der Waals surface area contributed by atoms with Gasteiger partial charge >= 0.3 is 0 Å². The van der Waals surface area contributed by atoms with Gasteiger partial charge in [0.1, 0.15) is 5.01 Å². The molecule has 3 aromatic rings. The van der Waals surface area contributed by atoms with Crippen LogP contribution in [0.15, 0.2) is 47.1 Å². The van der Waals surface area contributed by atoms with Crippen molar-refractivity contribution in [2.24, 2.45) is 0 Å². The van der Waals surface area contributed by atoms with E-state index in [2.05, 4.69) is 27.8 Å². The van der Waals surface area contributed by atoms with E-state index >= 15 is 0 Å². The Labute approximate surface area is 148 Å². The molecule has 0 saturated heterocycles. The number of carbonyl (C=O) groups is 2. The number of hydrogen-bond acceptors (Lipinski definition) is 6. The molecule has 128 valence electrons. The van der Waals surface area contributed by atoms with Crippen LogP contribution in [-0.2, 0) is 6.42 Å². The Morgan fingerprint density at radius 1 is 1.08 bits per heavy atom. The highest BCUT2D eigenvalue weighted by Crippen LogP contribution is 2.18. The van der Waals surface area contributed by atoms with Gasteiger partial charge in [-0.15, -0.1) is 10.2 Å². The molecular weight excluding hydrogens is 340 g/mol. The van der Waals surface area contributed by atoms with Crippen molar-refractivity contribution >= 4 is 34.0 Å². The molecule has 0 bridgehead atoms. The van der Waals surface area contributed by atoms with Crippen LogP contribution < -0.4 is 10.6 Å². The summed E-state index contributed by atoms with van der Waals surface area (Å²) in [7, 11) is 0. The number of rotatable bonds is 6. The smallest absolute Gasteiger partial charge is 0.291 e. The van der Waals surface area contributed by atoms with Gasteiger partial charge in [0.05, 0.1) is 6.26 Å². The minimum atomic E-state index is -0.348. The average molecular weight is 356 g/mol. The van der Waals surface area contributed by atoms with Crippen molar-refractivity contribution in [3.8, 4) is 0 Å². The van der Waals surface area contributed by atoms with E-state index in [0.717, 1.165) is 17.8 Å². The normalized spacial score (nSPS) is 10.4. The van der Waals surface area contributed by atoms with Gasteiger partial charge in [0.25, 0.3) is 11.8 Å². The Balaban J connectivity index is 1.61. The van der Waals surface area contributed by atoms with Crippen molar-refractivity contribution in [1.29, 1.82) is 0 Å². The largest absolute Gasteiger partial charge is 0.459 e. The third-order valence-corrected chi connectivity index (χ3v) is 4.20. The first-order chi connectivity index (χ1) is 12.2. The lowest BCUT2D eigenvalue weighted by atomic mass is 10.2. The van der Waals surface area contributed by atoms with Crippen LogP contribution in [0.4, 0.5) is 10.8 Å². The van der Waals surface area contributed by atoms with E-state index in [-0.39, 0.29) is 17.6 Å². The monoisotopic (exact) mass is 356 g/mol. The van der Waals surface area contributed by atoms with E-state index in [0.29, 0.717) is 16.4 Å². The summed E-state index contributed by atoms with van der Waals surface area (Å²) >= 11 is 1.37. The molecule has 0 spiro atoms.